The van der Waals surface area contributed by atoms with Crippen molar-refractivity contribution >= 4 is 17.6 Å². The molecule has 0 aliphatic carbocycles. The molecule has 7 heteroatoms. The van der Waals surface area contributed by atoms with Crippen molar-refractivity contribution in [3.8, 4) is 5.75 Å². The van der Waals surface area contributed by atoms with Crippen molar-refractivity contribution in [3.63, 3.8) is 0 Å². The summed E-state index contributed by atoms with van der Waals surface area (Å²) in [6, 6.07) is 5.64. The highest BCUT2D eigenvalue weighted by atomic mass is 16.5. The number of methoxy groups -OCH3 is 1. The van der Waals surface area contributed by atoms with E-state index in [4.69, 9.17) is 9.47 Å². The largest absolute Gasteiger partial charge is 0.495 e. The SMILES string of the molecule is CCOCCNC(=NC)NCc1ccc(OC)c(NC(C)=O)c1. The van der Waals surface area contributed by atoms with Crippen molar-refractivity contribution in [1.29, 1.82) is 0 Å². The molecule has 1 aromatic carbocycles. The first kappa shape index (κ1) is 18.8. The van der Waals surface area contributed by atoms with E-state index < -0.39 is 0 Å². The minimum atomic E-state index is -0.137. The van der Waals surface area contributed by atoms with Crippen LogP contribution in [0.3, 0.4) is 0 Å². The second-order valence-corrected chi connectivity index (χ2v) is 4.77. The fourth-order valence-electron chi connectivity index (χ4n) is 1.94. The molecule has 7 nitrogen and oxygen atoms in total. The number of hydrogen-bond acceptors (Lipinski definition) is 4. The lowest BCUT2D eigenvalue weighted by Gasteiger charge is -2.14. The zero-order chi connectivity index (χ0) is 17.1. The molecular formula is C16H26N4O3. The first-order valence-corrected chi connectivity index (χ1v) is 7.57. The predicted octanol–water partition coefficient (Wildman–Crippen LogP) is 1.36. The lowest BCUT2D eigenvalue weighted by Crippen LogP contribution is -2.38. The number of aliphatic imine (C=N–C) groups is 1. The summed E-state index contributed by atoms with van der Waals surface area (Å²) in [5.41, 5.74) is 1.65. The molecule has 0 saturated carbocycles. The van der Waals surface area contributed by atoms with Crippen LogP contribution < -0.4 is 20.7 Å². The van der Waals surface area contributed by atoms with Gasteiger partial charge in [-0.1, -0.05) is 6.07 Å². The zero-order valence-corrected chi connectivity index (χ0v) is 14.2. The summed E-state index contributed by atoms with van der Waals surface area (Å²) in [4.78, 5) is 15.4. The Bertz CT molecular complexity index is 532. The molecule has 0 saturated heterocycles. The van der Waals surface area contributed by atoms with Gasteiger partial charge in [-0.15, -0.1) is 0 Å². The minimum absolute atomic E-state index is 0.137. The molecule has 0 atom stereocenters. The Balaban J connectivity index is 2.60. The Morgan fingerprint density at radius 2 is 2.09 bits per heavy atom. The normalized spacial score (nSPS) is 11.0. The molecule has 1 amide bonds. The predicted molar refractivity (Wildman–Crippen MR) is 92.0 cm³/mol. The van der Waals surface area contributed by atoms with Gasteiger partial charge >= 0.3 is 0 Å². The molecule has 0 bridgehead atoms. The second-order valence-electron chi connectivity index (χ2n) is 4.77. The van der Waals surface area contributed by atoms with Crippen LogP contribution in [0.2, 0.25) is 0 Å². The zero-order valence-electron chi connectivity index (χ0n) is 14.2. The van der Waals surface area contributed by atoms with Gasteiger partial charge < -0.3 is 25.4 Å². The Hall–Kier alpha value is -2.28. The highest BCUT2D eigenvalue weighted by Gasteiger charge is 2.06. The summed E-state index contributed by atoms with van der Waals surface area (Å²) in [6.45, 7) is 6.02. The number of benzene rings is 1. The van der Waals surface area contributed by atoms with E-state index in [1.54, 1.807) is 14.2 Å². The molecule has 23 heavy (non-hydrogen) atoms. The number of anilines is 1. The average Bonchev–Trinajstić information content (AvgIpc) is 2.54. The monoisotopic (exact) mass is 322 g/mol. The van der Waals surface area contributed by atoms with Crippen LogP contribution >= 0.6 is 0 Å². The van der Waals surface area contributed by atoms with Gasteiger partial charge in [0.2, 0.25) is 5.91 Å². The van der Waals surface area contributed by atoms with Crippen LogP contribution in [0.5, 0.6) is 5.75 Å². The van der Waals surface area contributed by atoms with Crippen LogP contribution in [0.1, 0.15) is 19.4 Å². The summed E-state index contributed by atoms with van der Waals surface area (Å²) in [5.74, 6) is 1.19. The fourth-order valence-corrected chi connectivity index (χ4v) is 1.94. The standard InChI is InChI=1S/C16H26N4O3/c1-5-23-9-8-18-16(17-3)19-11-13-6-7-15(22-4)14(10-13)20-12(2)21/h6-7,10H,5,8-9,11H2,1-4H3,(H,20,21)(H2,17,18,19). The number of nitrogens with one attached hydrogen (secondary N) is 3. The number of amides is 1. The van der Waals surface area contributed by atoms with E-state index in [1.165, 1.54) is 6.92 Å². The Morgan fingerprint density at radius 1 is 1.30 bits per heavy atom. The van der Waals surface area contributed by atoms with Crippen molar-refractivity contribution < 1.29 is 14.3 Å². The quantitative estimate of drug-likeness (QED) is 0.382. The number of nitrogens with zero attached hydrogens (tertiary/aromatic N) is 1. The van der Waals surface area contributed by atoms with Gasteiger partial charge in [0.05, 0.1) is 19.4 Å². The number of carbonyl (C=O) groups excluding carboxylic acids is 1. The summed E-state index contributed by atoms with van der Waals surface area (Å²) in [6.07, 6.45) is 0. The molecular weight excluding hydrogens is 296 g/mol. The molecule has 0 unspecified atom stereocenters. The number of ether oxygens (including phenoxy) is 2. The highest BCUT2D eigenvalue weighted by Crippen LogP contribution is 2.25. The highest BCUT2D eigenvalue weighted by molar-refractivity contribution is 5.90. The molecule has 0 spiro atoms. The molecule has 1 aromatic rings. The maximum absolute atomic E-state index is 11.3. The van der Waals surface area contributed by atoms with Crippen LogP contribution in [0, 0.1) is 0 Å². The van der Waals surface area contributed by atoms with E-state index in [-0.39, 0.29) is 5.91 Å². The van der Waals surface area contributed by atoms with Crippen LogP contribution in [-0.2, 0) is 16.1 Å². The maximum Gasteiger partial charge on any atom is 0.221 e. The van der Waals surface area contributed by atoms with Gasteiger partial charge in [0, 0.05) is 33.7 Å². The third kappa shape index (κ3) is 7.01. The molecule has 0 heterocycles. The van der Waals surface area contributed by atoms with Gasteiger partial charge in [0.1, 0.15) is 5.75 Å². The number of guanidine groups is 1. The average molecular weight is 322 g/mol. The van der Waals surface area contributed by atoms with E-state index in [2.05, 4.69) is 20.9 Å². The van der Waals surface area contributed by atoms with Crippen molar-refractivity contribution in [2.75, 3.05) is 39.2 Å². The Kier molecular flexibility index (Phi) is 8.52. The van der Waals surface area contributed by atoms with Crippen molar-refractivity contribution in [2.45, 2.75) is 20.4 Å². The Morgan fingerprint density at radius 3 is 2.70 bits per heavy atom. The minimum Gasteiger partial charge on any atom is -0.495 e. The van der Waals surface area contributed by atoms with Crippen LogP contribution in [0.4, 0.5) is 5.69 Å². The first-order valence-electron chi connectivity index (χ1n) is 7.57. The lowest BCUT2D eigenvalue weighted by atomic mass is 10.2. The third-order valence-electron chi connectivity index (χ3n) is 3.00. The Labute approximate surface area is 137 Å². The molecule has 0 aliphatic rings. The van der Waals surface area contributed by atoms with Crippen molar-refractivity contribution in [3.05, 3.63) is 23.8 Å². The fraction of sp³-hybridized carbons (Fsp3) is 0.500. The number of rotatable bonds is 8. The smallest absolute Gasteiger partial charge is 0.221 e. The van der Waals surface area contributed by atoms with Crippen LogP contribution in [-0.4, -0.2) is 45.8 Å². The van der Waals surface area contributed by atoms with E-state index in [9.17, 15) is 4.79 Å². The second kappa shape index (κ2) is 10.4. The van der Waals surface area contributed by atoms with E-state index in [0.29, 0.717) is 43.7 Å². The lowest BCUT2D eigenvalue weighted by molar-refractivity contribution is -0.114. The van der Waals surface area contributed by atoms with Gasteiger partial charge in [0.15, 0.2) is 5.96 Å². The molecule has 0 aromatic heterocycles. The van der Waals surface area contributed by atoms with Gasteiger partial charge in [-0.3, -0.25) is 9.79 Å². The molecule has 0 radical (unpaired) electrons. The van der Waals surface area contributed by atoms with E-state index >= 15 is 0 Å². The van der Waals surface area contributed by atoms with Gasteiger partial charge in [-0.25, -0.2) is 0 Å². The molecule has 1 rings (SSSR count). The topological polar surface area (TPSA) is 84.0 Å². The van der Waals surface area contributed by atoms with Crippen LogP contribution in [0.15, 0.2) is 23.2 Å². The van der Waals surface area contributed by atoms with Crippen molar-refractivity contribution in [1.82, 2.24) is 10.6 Å². The van der Waals surface area contributed by atoms with Crippen molar-refractivity contribution in [2.24, 2.45) is 4.99 Å². The molecule has 0 fully saturated rings. The molecule has 0 aliphatic heterocycles. The number of hydrogen-bond donors (Lipinski definition) is 3. The van der Waals surface area contributed by atoms with E-state index in [0.717, 1.165) is 5.56 Å². The van der Waals surface area contributed by atoms with E-state index in [1.807, 2.05) is 25.1 Å². The first-order chi connectivity index (χ1) is 11.1. The summed E-state index contributed by atoms with van der Waals surface area (Å²) >= 11 is 0. The summed E-state index contributed by atoms with van der Waals surface area (Å²) in [5, 5.41) is 9.13. The molecule has 128 valence electrons. The number of carbonyl (C=O) groups is 1. The molecule has 3 N–H and O–H groups in total. The van der Waals surface area contributed by atoms with Gasteiger partial charge in [-0.05, 0) is 24.6 Å². The van der Waals surface area contributed by atoms with Gasteiger partial charge in [-0.2, -0.15) is 0 Å². The summed E-state index contributed by atoms with van der Waals surface area (Å²) in [7, 11) is 3.29. The van der Waals surface area contributed by atoms with Gasteiger partial charge in [0.25, 0.3) is 0 Å². The van der Waals surface area contributed by atoms with Crippen LogP contribution in [0.25, 0.3) is 0 Å². The third-order valence-corrected chi connectivity index (χ3v) is 3.00. The summed E-state index contributed by atoms with van der Waals surface area (Å²) < 4.78 is 10.5. The maximum atomic E-state index is 11.3.